The fraction of sp³-hybridized carbons (Fsp3) is 0.323. The highest BCUT2D eigenvalue weighted by molar-refractivity contribution is 6.04. The number of likely N-dealkylation sites (N-methyl/N-ethyl adjacent to an activating group) is 1. The highest BCUT2D eigenvalue weighted by atomic mass is 16.6. The Morgan fingerprint density at radius 3 is 1.93 bits per heavy atom. The second-order valence-electron chi connectivity index (χ2n) is 11.0. The number of carboxylic acids is 1. The van der Waals surface area contributed by atoms with Gasteiger partial charge in [0.05, 0.1) is 5.56 Å². The zero-order valence-electron chi connectivity index (χ0n) is 24.2. The largest absolute Gasteiger partial charge is 0.478 e. The van der Waals surface area contributed by atoms with Crippen molar-refractivity contribution in [3.05, 3.63) is 83.9 Å². The van der Waals surface area contributed by atoms with Gasteiger partial charge >= 0.3 is 12.1 Å². The third-order valence-electron chi connectivity index (χ3n) is 6.33. The molecule has 1 unspecified atom stereocenters. The lowest BCUT2D eigenvalue weighted by molar-refractivity contribution is 0.0634. The minimum absolute atomic E-state index is 0.128. The van der Waals surface area contributed by atoms with E-state index in [1.165, 1.54) is 36.4 Å². The lowest BCUT2D eigenvalue weighted by atomic mass is 10.2. The summed E-state index contributed by atoms with van der Waals surface area (Å²) in [7, 11) is 4.26. The van der Waals surface area contributed by atoms with Crippen LogP contribution in [0.3, 0.4) is 0 Å². The molecule has 2 amide bonds. The van der Waals surface area contributed by atoms with E-state index >= 15 is 0 Å². The first-order chi connectivity index (χ1) is 19.3. The Kier molecular flexibility index (Phi) is 10.3. The van der Waals surface area contributed by atoms with Crippen molar-refractivity contribution in [3.63, 3.8) is 0 Å². The van der Waals surface area contributed by atoms with Crippen LogP contribution in [0.2, 0.25) is 0 Å². The summed E-state index contributed by atoms with van der Waals surface area (Å²) in [4.78, 5) is 38.9. The normalized spacial score (nSPS) is 14.6. The second-order valence-corrected chi connectivity index (χ2v) is 11.0. The SMILES string of the molecule is CC(C)(C)OC(=O)Nc1ccc(C(=O)O)cc1.CN(C)C1CCN(c2ccc(NC(=O)c3ccc(N)cc3)cc2)C1. The van der Waals surface area contributed by atoms with Crippen LogP contribution in [0, 0.1) is 0 Å². The van der Waals surface area contributed by atoms with E-state index in [-0.39, 0.29) is 11.5 Å². The Labute approximate surface area is 241 Å². The van der Waals surface area contributed by atoms with Crippen molar-refractivity contribution in [1.29, 1.82) is 0 Å². The van der Waals surface area contributed by atoms with Gasteiger partial charge in [0.1, 0.15) is 5.60 Å². The fourth-order valence-electron chi connectivity index (χ4n) is 4.11. The van der Waals surface area contributed by atoms with E-state index < -0.39 is 17.7 Å². The number of nitrogens with two attached hydrogens (primary N) is 1. The quantitative estimate of drug-likeness (QED) is 0.294. The van der Waals surface area contributed by atoms with Crippen molar-refractivity contribution >= 4 is 40.7 Å². The standard InChI is InChI=1S/C19H24N4O.C12H15NO4/c1-22(2)18-11-12-23(13-18)17-9-7-16(8-10-17)21-19(24)14-3-5-15(20)6-4-14;1-12(2,3)17-11(16)13-9-6-4-8(5-7-9)10(14)15/h3-10,18H,11-13,20H2,1-2H3,(H,21,24);4-7H,1-3H3,(H,13,16)(H,14,15). The molecule has 4 rings (SSSR count). The Balaban J connectivity index is 0.000000241. The number of aromatic carboxylic acids is 1. The second kappa shape index (κ2) is 13.7. The van der Waals surface area contributed by atoms with E-state index in [0.29, 0.717) is 23.0 Å². The summed E-state index contributed by atoms with van der Waals surface area (Å²) in [5.41, 5.74) is 8.98. The van der Waals surface area contributed by atoms with Gasteiger partial charge in [0.15, 0.2) is 0 Å². The zero-order valence-corrected chi connectivity index (χ0v) is 24.2. The number of carbonyl (C=O) groups is 3. The number of benzene rings is 3. The molecule has 1 aliphatic heterocycles. The minimum Gasteiger partial charge on any atom is -0.478 e. The van der Waals surface area contributed by atoms with E-state index in [1.807, 2.05) is 12.1 Å². The first kappa shape index (κ1) is 31.0. The molecule has 1 saturated heterocycles. The average molecular weight is 562 g/mol. The molecule has 1 aliphatic rings. The number of amides is 2. The smallest absolute Gasteiger partial charge is 0.412 e. The summed E-state index contributed by atoms with van der Waals surface area (Å²) in [6.45, 7) is 7.41. The number of ether oxygens (including phenoxy) is 1. The van der Waals surface area contributed by atoms with Gasteiger partial charge in [-0.15, -0.1) is 0 Å². The molecule has 1 heterocycles. The maximum Gasteiger partial charge on any atom is 0.412 e. The summed E-state index contributed by atoms with van der Waals surface area (Å²) in [5, 5.41) is 14.1. The van der Waals surface area contributed by atoms with E-state index in [4.69, 9.17) is 15.6 Å². The van der Waals surface area contributed by atoms with Crippen LogP contribution >= 0.6 is 0 Å². The summed E-state index contributed by atoms with van der Waals surface area (Å²) < 4.78 is 5.05. The van der Waals surface area contributed by atoms with Crippen LogP contribution in [-0.2, 0) is 4.74 Å². The third kappa shape index (κ3) is 9.84. The molecule has 0 bridgehead atoms. The van der Waals surface area contributed by atoms with Crippen LogP contribution in [-0.4, -0.2) is 66.8 Å². The van der Waals surface area contributed by atoms with Crippen LogP contribution in [0.1, 0.15) is 47.9 Å². The number of nitrogens with one attached hydrogen (secondary N) is 2. The molecule has 10 nitrogen and oxygen atoms in total. The highest BCUT2D eigenvalue weighted by Crippen LogP contribution is 2.24. The summed E-state index contributed by atoms with van der Waals surface area (Å²) in [6, 6.07) is 21.4. The Bertz CT molecular complexity index is 1320. The molecule has 218 valence electrons. The van der Waals surface area contributed by atoms with Crippen molar-refractivity contribution in [2.75, 3.05) is 48.5 Å². The highest BCUT2D eigenvalue weighted by Gasteiger charge is 2.24. The van der Waals surface area contributed by atoms with Crippen LogP contribution in [0.15, 0.2) is 72.8 Å². The van der Waals surface area contributed by atoms with Crippen LogP contribution < -0.4 is 21.3 Å². The average Bonchev–Trinajstić information content (AvgIpc) is 3.40. The van der Waals surface area contributed by atoms with Gasteiger partial charge in [0.2, 0.25) is 0 Å². The monoisotopic (exact) mass is 561 g/mol. The van der Waals surface area contributed by atoms with Crippen molar-refractivity contribution in [1.82, 2.24) is 4.90 Å². The minimum atomic E-state index is -1.01. The van der Waals surface area contributed by atoms with Crippen molar-refractivity contribution in [3.8, 4) is 0 Å². The molecular weight excluding hydrogens is 522 g/mol. The molecule has 5 N–H and O–H groups in total. The van der Waals surface area contributed by atoms with Crippen molar-refractivity contribution < 1.29 is 24.2 Å². The van der Waals surface area contributed by atoms with Gasteiger partial charge in [-0.1, -0.05) is 0 Å². The number of nitrogen functional groups attached to an aromatic ring is 1. The molecule has 1 atom stereocenters. The fourth-order valence-corrected chi connectivity index (χ4v) is 4.11. The number of carbonyl (C=O) groups excluding carboxylic acids is 2. The van der Waals surface area contributed by atoms with Gasteiger partial charge < -0.3 is 30.7 Å². The first-order valence-electron chi connectivity index (χ1n) is 13.3. The van der Waals surface area contributed by atoms with Crippen LogP contribution in [0.25, 0.3) is 0 Å². The molecule has 3 aromatic carbocycles. The predicted octanol–water partition coefficient (Wildman–Crippen LogP) is 5.39. The molecule has 0 saturated carbocycles. The van der Waals surface area contributed by atoms with E-state index in [1.54, 1.807) is 45.0 Å². The van der Waals surface area contributed by atoms with Crippen LogP contribution in [0.4, 0.5) is 27.5 Å². The number of carboxylic acid groups (broad SMARTS) is 1. The van der Waals surface area contributed by atoms with E-state index in [9.17, 15) is 14.4 Å². The molecule has 1 fully saturated rings. The molecule has 0 aliphatic carbocycles. The topological polar surface area (TPSA) is 137 Å². The molecule has 0 spiro atoms. The summed E-state index contributed by atoms with van der Waals surface area (Å²) >= 11 is 0. The Morgan fingerprint density at radius 2 is 1.41 bits per heavy atom. The molecular formula is C31H39N5O5. The molecule has 0 radical (unpaired) electrons. The van der Waals surface area contributed by atoms with Crippen LogP contribution in [0.5, 0.6) is 0 Å². The van der Waals surface area contributed by atoms with E-state index in [2.05, 4.69) is 46.7 Å². The number of hydrogen-bond donors (Lipinski definition) is 4. The maximum absolute atomic E-state index is 12.2. The third-order valence-corrected chi connectivity index (χ3v) is 6.33. The summed E-state index contributed by atoms with van der Waals surface area (Å²) in [6.07, 6.45) is 0.614. The molecule has 0 aromatic heterocycles. The Hall–Kier alpha value is -4.57. The van der Waals surface area contributed by atoms with E-state index in [0.717, 1.165) is 18.8 Å². The van der Waals surface area contributed by atoms with Gasteiger partial charge in [0.25, 0.3) is 5.91 Å². The molecule has 3 aromatic rings. The molecule has 10 heteroatoms. The summed E-state index contributed by atoms with van der Waals surface area (Å²) in [5.74, 6) is -1.13. The number of nitrogens with zero attached hydrogens (tertiary/aromatic N) is 2. The Morgan fingerprint density at radius 1 is 0.878 bits per heavy atom. The first-order valence-corrected chi connectivity index (χ1v) is 13.3. The van der Waals surface area contributed by atoms with Gasteiger partial charge in [0, 0.05) is 47.4 Å². The van der Waals surface area contributed by atoms with Crippen molar-refractivity contribution in [2.24, 2.45) is 0 Å². The van der Waals surface area contributed by atoms with Gasteiger partial charge in [-0.2, -0.15) is 0 Å². The lowest BCUT2D eigenvalue weighted by Gasteiger charge is -2.22. The predicted molar refractivity (Wildman–Crippen MR) is 163 cm³/mol. The lowest BCUT2D eigenvalue weighted by Crippen LogP contribution is -2.31. The number of rotatable bonds is 6. The van der Waals surface area contributed by atoms with Crippen molar-refractivity contribution in [2.45, 2.75) is 38.8 Å². The van der Waals surface area contributed by atoms with Gasteiger partial charge in [-0.25, -0.2) is 9.59 Å². The zero-order chi connectivity index (χ0) is 30.2. The van der Waals surface area contributed by atoms with Gasteiger partial charge in [-0.05, 0) is 114 Å². The molecule has 41 heavy (non-hydrogen) atoms. The number of anilines is 4. The number of hydrogen-bond acceptors (Lipinski definition) is 7. The van der Waals surface area contributed by atoms with Gasteiger partial charge in [-0.3, -0.25) is 10.1 Å². The maximum atomic E-state index is 12.2.